The SMILES string of the molecule is CN(Cc1ccncc1)c1ncc(F)cc1C(=O)O. The summed E-state index contributed by atoms with van der Waals surface area (Å²) >= 11 is 0. The van der Waals surface area contributed by atoms with E-state index in [9.17, 15) is 9.18 Å². The van der Waals surface area contributed by atoms with E-state index in [-0.39, 0.29) is 11.4 Å². The van der Waals surface area contributed by atoms with Gasteiger partial charge in [0.25, 0.3) is 0 Å². The molecule has 0 aliphatic rings. The third kappa shape index (κ3) is 3.04. The Hall–Kier alpha value is -2.50. The second-order valence-electron chi connectivity index (χ2n) is 4.04. The van der Waals surface area contributed by atoms with Crippen molar-refractivity contribution in [2.24, 2.45) is 0 Å². The molecule has 98 valence electrons. The van der Waals surface area contributed by atoms with E-state index >= 15 is 0 Å². The van der Waals surface area contributed by atoms with E-state index in [1.807, 2.05) is 12.1 Å². The number of nitrogens with zero attached hydrogens (tertiary/aromatic N) is 3. The zero-order valence-corrected chi connectivity index (χ0v) is 10.2. The Morgan fingerprint density at radius 2 is 2.11 bits per heavy atom. The first-order valence-corrected chi connectivity index (χ1v) is 5.57. The summed E-state index contributed by atoms with van der Waals surface area (Å²) in [4.78, 5) is 20.5. The van der Waals surface area contributed by atoms with Gasteiger partial charge >= 0.3 is 5.97 Å². The standard InChI is InChI=1S/C13H12FN3O2/c1-17(8-9-2-4-15-5-3-9)12-11(13(18)19)6-10(14)7-16-12/h2-7H,8H2,1H3,(H,18,19). The van der Waals surface area contributed by atoms with E-state index in [2.05, 4.69) is 9.97 Å². The molecule has 0 bridgehead atoms. The molecule has 0 saturated carbocycles. The van der Waals surface area contributed by atoms with E-state index < -0.39 is 11.8 Å². The molecule has 2 aromatic rings. The van der Waals surface area contributed by atoms with E-state index in [1.165, 1.54) is 0 Å². The molecule has 6 heteroatoms. The fraction of sp³-hybridized carbons (Fsp3) is 0.154. The molecule has 0 fully saturated rings. The molecule has 0 aromatic carbocycles. The second-order valence-corrected chi connectivity index (χ2v) is 4.04. The Labute approximate surface area is 109 Å². The van der Waals surface area contributed by atoms with Gasteiger partial charge in [-0.2, -0.15) is 0 Å². The Morgan fingerprint density at radius 1 is 1.42 bits per heavy atom. The number of aromatic nitrogens is 2. The second kappa shape index (κ2) is 5.43. The van der Waals surface area contributed by atoms with Crippen LogP contribution in [0.5, 0.6) is 0 Å². The van der Waals surface area contributed by atoms with Crippen LogP contribution in [0, 0.1) is 5.82 Å². The lowest BCUT2D eigenvalue weighted by molar-refractivity contribution is 0.0696. The van der Waals surface area contributed by atoms with Crippen LogP contribution in [0.4, 0.5) is 10.2 Å². The predicted octanol–water partition coefficient (Wildman–Crippen LogP) is 1.95. The molecule has 1 N–H and O–H groups in total. The van der Waals surface area contributed by atoms with Gasteiger partial charge in [0.1, 0.15) is 17.2 Å². The molecule has 5 nitrogen and oxygen atoms in total. The molecule has 2 rings (SSSR count). The largest absolute Gasteiger partial charge is 0.478 e. The van der Waals surface area contributed by atoms with Crippen LogP contribution in [0.1, 0.15) is 15.9 Å². The average Bonchev–Trinajstić information content (AvgIpc) is 2.39. The van der Waals surface area contributed by atoms with Gasteiger partial charge in [-0.3, -0.25) is 4.98 Å². The van der Waals surface area contributed by atoms with Crippen molar-refractivity contribution < 1.29 is 14.3 Å². The van der Waals surface area contributed by atoms with E-state index in [1.54, 1.807) is 24.3 Å². The summed E-state index contributed by atoms with van der Waals surface area (Å²) in [6, 6.07) is 4.61. The van der Waals surface area contributed by atoms with Crippen molar-refractivity contribution in [2.45, 2.75) is 6.54 Å². The lowest BCUT2D eigenvalue weighted by Crippen LogP contribution is -2.21. The van der Waals surface area contributed by atoms with Crippen LogP contribution in [0.3, 0.4) is 0 Å². The number of halogens is 1. The van der Waals surface area contributed by atoms with Crippen LogP contribution in [0.2, 0.25) is 0 Å². The summed E-state index contributed by atoms with van der Waals surface area (Å²) in [6.45, 7) is 0.460. The molecule has 0 saturated heterocycles. The van der Waals surface area contributed by atoms with Crippen LogP contribution >= 0.6 is 0 Å². The van der Waals surface area contributed by atoms with Crippen molar-refractivity contribution >= 4 is 11.8 Å². The number of hydrogen-bond acceptors (Lipinski definition) is 4. The van der Waals surface area contributed by atoms with Crippen molar-refractivity contribution in [1.82, 2.24) is 9.97 Å². The Kier molecular flexibility index (Phi) is 3.70. The molecule has 0 atom stereocenters. The molecular weight excluding hydrogens is 249 g/mol. The molecule has 0 radical (unpaired) electrons. The normalized spacial score (nSPS) is 10.2. The Bertz CT molecular complexity index is 590. The summed E-state index contributed by atoms with van der Waals surface area (Å²) in [6.07, 6.45) is 4.31. The molecular formula is C13H12FN3O2. The van der Waals surface area contributed by atoms with Crippen LogP contribution in [-0.4, -0.2) is 28.1 Å². The first kappa shape index (κ1) is 12.9. The van der Waals surface area contributed by atoms with Gasteiger partial charge in [0.15, 0.2) is 0 Å². The highest BCUT2D eigenvalue weighted by atomic mass is 19.1. The van der Waals surface area contributed by atoms with Crippen molar-refractivity contribution in [2.75, 3.05) is 11.9 Å². The number of rotatable bonds is 4. The van der Waals surface area contributed by atoms with Gasteiger partial charge in [-0.15, -0.1) is 0 Å². The Morgan fingerprint density at radius 3 is 2.74 bits per heavy atom. The molecule has 0 spiro atoms. The van der Waals surface area contributed by atoms with Crippen molar-refractivity contribution in [3.05, 3.63) is 53.7 Å². The van der Waals surface area contributed by atoms with Crippen molar-refractivity contribution in [3.8, 4) is 0 Å². The first-order valence-electron chi connectivity index (χ1n) is 5.57. The molecule has 2 heterocycles. The van der Waals surface area contributed by atoms with Gasteiger partial charge in [-0.25, -0.2) is 14.2 Å². The summed E-state index contributed by atoms with van der Waals surface area (Å²) in [5.74, 6) is -1.65. The molecule has 0 aliphatic heterocycles. The zero-order valence-electron chi connectivity index (χ0n) is 10.2. The highest BCUT2D eigenvalue weighted by Crippen LogP contribution is 2.19. The number of hydrogen-bond donors (Lipinski definition) is 1. The van der Waals surface area contributed by atoms with Gasteiger partial charge < -0.3 is 10.0 Å². The fourth-order valence-electron chi connectivity index (χ4n) is 1.73. The number of aromatic carboxylic acids is 1. The number of pyridine rings is 2. The molecule has 0 amide bonds. The quantitative estimate of drug-likeness (QED) is 0.911. The lowest BCUT2D eigenvalue weighted by Gasteiger charge is -2.19. The third-order valence-electron chi connectivity index (χ3n) is 2.59. The summed E-state index contributed by atoms with van der Waals surface area (Å²) in [5, 5.41) is 9.06. The van der Waals surface area contributed by atoms with Crippen molar-refractivity contribution in [1.29, 1.82) is 0 Å². The minimum Gasteiger partial charge on any atom is -0.478 e. The average molecular weight is 261 g/mol. The van der Waals surface area contributed by atoms with E-state index in [0.717, 1.165) is 17.8 Å². The molecule has 19 heavy (non-hydrogen) atoms. The summed E-state index contributed by atoms with van der Waals surface area (Å²) < 4.78 is 13.0. The van der Waals surface area contributed by atoms with Gasteiger partial charge in [-0.1, -0.05) is 0 Å². The minimum atomic E-state index is -1.21. The highest BCUT2D eigenvalue weighted by molar-refractivity contribution is 5.93. The van der Waals surface area contributed by atoms with Gasteiger partial charge in [0.2, 0.25) is 0 Å². The predicted molar refractivity (Wildman–Crippen MR) is 67.5 cm³/mol. The number of carboxylic acid groups (broad SMARTS) is 1. The van der Waals surface area contributed by atoms with Crippen LogP contribution in [-0.2, 0) is 6.54 Å². The number of carboxylic acids is 1. The summed E-state index contributed by atoms with van der Waals surface area (Å²) in [7, 11) is 1.70. The van der Waals surface area contributed by atoms with Crippen LogP contribution in [0.15, 0.2) is 36.8 Å². The van der Waals surface area contributed by atoms with Gasteiger partial charge in [-0.05, 0) is 23.8 Å². The molecule has 0 aliphatic carbocycles. The smallest absolute Gasteiger partial charge is 0.339 e. The lowest BCUT2D eigenvalue weighted by atomic mass is 10.2. The van der Waals surface area contributed by atoms with Gasteiger partial charge in [0.05, 0.1) is 6.20 Å². The highest BCUT2D eigenvalue weighted by Gasteiger charge is 2.16. The van der Waals surface area contributed by atoms with Crippen LogP contribution in [0.25, 0.3) is 0 Å². The van der Waals surface area contributed by atoms with Crippen LogP contribution < -0.4 is 4.90 Å². The minimum absolute atomic E-state index is 0.156. The molecule has 0 unspecified atom stereocenters. The maximum absolute atomic E-state index is 13.0. The Balaban J connectivity index is 2.28. The molecule has 2 aromatic heterocycles. The fourth-order valence-corrected chi connectivity index (χ4v) is 1.73. The zero-order chi connectivity index (χ0) is 13.8. The number of carbonyl (C=O) groups is 1. The van der Waals surface area contributed by atoms with E-state index in [4.69, 9.17) is 5.11 Å². The maximum atomic E-state index is 13.0. The topological polar surface area (TPSA) is 66.3 Å². The third-order valence-corrected chi connectivity index (χ3v) is 2.59. The maximum Gasteiger partial charge on any atom is 0.339 e. The van der Waals surface area contributed by atoms with Crippen molar-refractivity contribution in [3.63, 3.8) is 0 Å². The monoisotopic (exact) mass is 261 g/mol. The van der Waals surface area contributed by atoms with E-state index in [0.29, 0.717) is 6.54 Å². The van der Waals surface area contributed by atoms with Gasteiger partial charge in [0, 0.05) is 26.0 Å². The first-order chi connectivity index (χ1) is 9.08. The number of anilines is 1. The summed E-state index contributed by atoms with van der Waals surface area (Å²) in [5.41, 5.74) is 0.802.